The van der Waals surface area contributed by atoms with Crippen molar-refractivity contribution in [3.8, 4) is 5.75 Å². The second-order valence-corrected chi connectivity index (χ2v) is 7.69. The summed E-state index contributed by atoms with van der Waals surface area (Å²) in [6.07, 6.45) is 2.95. The molecule has 2 rings (SSSR count). The monoisotopic (exact) mass is 312 g/mol. The lowest BCUT2D eigenvalue weighted by Gasteiger charge is -2.37. The van der Waals surface area contributed by atoms with Gasteiger partial charge in [-0.05, 0) is 38.8 Å². The van der Waals surface area contributed by atoms with Crippen molar-refractivity contribution in [2.75, 3.05) is 18.1 Å². The van der Waals surface area contributed by atoms with Crippen molar-refractivity contribution >= 4 is 15.7 Å². The van der Waals surface area contributed by atoms with Crippen LogP contribution in [0, 0.1) is 0 Å². The van der Waals surface area contributed by atoms with Gasteiger partial charge in [-0.3, -0.25) is 0 Å². The zero-order valence-electron chi connectivity index (χ0n) is 12.7. The Morgan fingerprint density at radius 2 is 1.95 bits per heavy atom. The van der Waals surface area contributed by atoms with E-state index in [4.69, 9.17) is 10.5 Å². The van der Waals surface area contributed by atoms with Gasteiger partial charge >= 0.3 is 0 Å². The topological polar surface area (TPSA) is 72.6 Å². The van der Waals surface area contributed by atoms with E-state index in [1.165, 1.54) is 0 Å². The minimum absolute atomic E-state index is 0.00349. The van der Waals surface area contributed by atoms with Crippen LogP contribution in [0.2, 0.25) is 0 Å². The van der Waals surface area contributed by atoms with Gasteiger partial charge in [0.1, 0.15) is 12.4 Å². The molecule has 1 heterocycles. The highest BCUT2D eigenvalue weighted by Crippen LogP contribution is 2.26. The number of benzene rings is 1. The SMILES string of the molecule is CC1CCCC(C)N1S(=O)(=O)CCOc1cccc(N)c1. The molecule has 0 saturated carbocycles. The summed E-state index contributed by atoms with van der Waals surface area (Å²) in [6, 6.07) is 7.17. The van der Waals surface area contributed by atoms with Crippen LogP contribution >= 0.6 is 0 Å². The molecular weight excluding hydrogens is 288 g/mol. The quantitative estimate of drug-likeness (QED) is 0.846. The van der Waals surface area contributed by atoms with Crippen molar-refractivity contribution in [3.05, 3.63) is 24.3 Å². The maximum absolute atomic E-state index is 12.5. The van der Waals surface area contributed by atoms with Gasteiger partial charge in [-0.25, -0.2) is 8.42 Å². The molecule has 0 radical (unpaired) electrons. The Bertz CT molecular complexity index is 564. The molecule has 0 aliphatic carbocycles. The molecule has 0 bridgehead atoms. The van der Waals surface area contributed by atoms with Crippen molar-refractivity contribution in [3.63, 3.8) is 0 Å². The molecule has 5 nitrogen and oxygen atoms in total. The van der Waals surface area contributed by atoms with Crippen molar-refractivity contribution in [1.29, 1.82) is 0 Å². The Balaban J connectivity index is 1.94. The Morgan fingerprint density at radius 1 is 1.29 bits per heavy atom. The summed E-state index contributed by atoms with van der Waals surface area (Å²) < 4.78 is 32.1. The van der Waals surface area contributed by atoms with Gasteiger partial charge < -0.3 is 10.5 Å². The van der Waals surface area contributed by atoms with Crippen molar-refractivity contribution < 1.29 is 13.2 Å². The van der Waals surface area contributed by atoms with Crippen LogP contribution in [0.25, 0.3) is 0 Å². The molecule has 21 heavy (non-hydrogen) atoms. The summed E-state index contributed by atoms with van der Waals surface area (Å²) in [5.74, 6) is 0.598. The minimum atomic E-state index is -3.28. The highest BCUT2D eigenvalue weighted by Gasteiger charge is 2.34. The number of ether oxygens (including phenoxy) is 1. The van der Waals surface area contributed by atoms with Crippen molar-refractivity contribution in [2.24, 2.45) is 0 Å². The first kappa shape index (κ1) is 16.1. The van der Waals surface area contributed by atoms with Crippen LogP contribution in [0.5, 0.6) is 5.75 Å². The number of nitrogen functional groups attached to an aromatic ring is 1. The molecule has 1 aromatic rings. The number of piperidine rings is 1. The van der Waals surface area contributed by atoms with Crippen LogP contribution < -0.4 is 10.5 Å². The van der Waals surface area contributed by atoms with E-state index in [9.17, 15) is 8.42 Å². The second kappa shape index (κ2) is 6.66. The van der Waals surface area contributed by atoms with E-state index in [0.717, 1.165) is 19.3 Å². The predicted octanol–water partition coefficient (Wildman–Crippen LogP) is 2.24. The standard InChI is InChI=1S/C15H24N2O3S/c1-12-5-3-6-13(2)17(12)21(18,19)10-9-20-15-8-4-7-14(16)11-15/h4,7-8,11-13H,3,5-6,9-10,16H2,1-2H3. The number of rotatable bonds is 5. The molecule has 0 spiro atoms. The maximum atomic E-state index is 12.5. The van der Waals surface area contributed by atoms with Gasteiger partial charge in [0.05, 0.1) is 5.75 Å². The van der Waals surface area contributed by atoms with Crippen LogP contribution in [0.1, 0.15) is 33.1 Å². The van der Waals surface area contributed by atoms with E-state index in [2.05, 4.69) is 0 Å². The first-order valence-electron chi connectivity index (χ1n) is 7.40. The van der Waals surface area contributed by atoms with E-state index in [1.807, 2.05) is 13.8 Å². The van der Waals surface area contributed by atoms with E-state index in [0.29, 0.717) is 11.4 Å². The third-order valence-corrected chi connectivity index (χ3v) is 5.95. The third kappa shape index (κ3) is 4.11. The van der Waals surface area contributed by atoms with Crippen molar-refractivity contribution in [2.45, 2.75) is 45.2 Å². The Hall–Kier alpha value is -1.27. The zero-order valence-corrected chi connectivity index (χ0v) is 13.5. The Kier molecular flexibility index (Phi) is 5.11. The number of anilines is 1. The molecule has 0 aromatic heterocycles. The molecule has 1 fully saturated rings. The van der Waals surface area contributed by atoms with Gasteiger partial charge in [0.25, 0.3) is 0 Å². The van der Waals surface area contributed by atoms with Crippen molar-refractivity contribution in [1.82, 2.24) is 4.31 Å². The van der Waals surface area contributed by atoms with Gasteiger partial charge in [0.2, 0.25) is 10.0 Å². The smallest absolute Gasteiger partial charge is 0.217 e. The summed E-state index contributed by atoms with van der Waals surface area (Å²) in [7, 11) is -3.28. The second-order valence-electron chi connectivity index (χ2n) is 5.70. The van der Waals surface area contributed by atoms with E-state index < -0.39 is 10.0 Å². The minimum Gasteiger partial charge on any atom is -0.492 e. The molecule has 6 heteroatoms. The Morgan fingerprint density at radius 3 is 2.57 bits per heavy atom. The predicted molar refractivity (Wildman–Crippen MR) is 84.8 cm³/mol. The average Bonchev–Trinajstić information content (AvgIpc) is 2.38. The lowest BCUT2D eigenvalue weighted by atomic mass is 10.0. The lowest BCUT2D eigenvalue weighted by molar-refractivity contribution is 0.202. The van der Waals surface area contributed by atoms with Gasteiger partial charge in [-0.15, -0.1) is 0 Å². The molecule has 1 aliphatic heterocycles. The van der Waals surface area contributed by atoms with Crippen LogP contribution in [0.15, 0.2) is 24.3 Å². The summed E-state index contributed by atoms with van der Waals surface area (Å²) in [5.41, 5.74) is 6.27. The van der Waals surface area contributed by atoms with Crippen LogP contribution in [-0.4, -0.2) is 37.2 Å². The number of hydrogen-bond acceptors (Lipinski definition) is 4. The maximum Gasteiger partial charge on any atom is 0.217 e. The number of nitrogens with zero attached hydrogens (tertiary/aromatic N) is 1. The molecule has 1 aliphatic rings. The third-order valence-electron chi connectivity index (χ3n) is 3.90. The molecule has 1 aromatic carbocycles. The van der Waals surface area contributed by atoms with Gasteiger partial charge in [-0.1, -0.05) is 12.5 Å². The van der Waals surface area contributed by atoms with E-state index in [1.54, 1.807) is 28.6 Å². The first-order chi connectivity index (χ1) is 9.90. The average molecular weight is 312 g/mol. The largest absolute Gasteiger partial charge is 0.492 e. The molecule has 2 N–H and O–H groups in total. The molecule has 2 unspecified atom stereocenters. The summed E-state index contributed by atoms with van der Waals surface area (Å²) in [6.45, 7) is 4.10. The highest BCUT2D eigenvalue weighted by atomic mass is 32.2. The summed E-state index contributed by atoms with van der Waals surface area (Å²) in [5, 5.41) is 0. The van der Waals surface area contributed by atoms with Gasteiger partial charge in [0.15, 0.2) is 0 Å². The highest BCUT2D eigenvalue weighted by molar-refractivity contribution is 7.89. The van der Waals surface area contributed by atoms with Gasteiger partial charge in [-0.2, -0.15) is 4.31 Å². The molecule has 2 atom stereocenters. The summed E-state index contributed by atoms with van der Waals surface area (Å²) in [4.78, 5) is 0. The fourth-order valence-electron chi connectivity index (χ4n) is 2.92. The van der Waals surface area contributed by atoms with Gasteiger partial charge in [0, 0.05) is 23.8 Å². The number of sulfonamides is 1. The van der Waals surface area contributed by atoms with Crippen LogP contribution in [0.4, 0.5) is 5.69 Å². The Labute approximate surface area is 127 Å². The zero-order chi connectivity index (χ0) is 15.5. The van der Waals surface area contributed by atoms with E-state index in [-0.39, 0.29) is 24.4 Å². The molecule has 0 amide bonds. The lowest BCUT2D eigenvalue weighted by Crippen LogP contribution is -2.48. The molecular formula is C15H24N2O3S. The number of hydrogen-bond donors (Lipinski definition) is 1. The summed E-state index contributed by atoms with van der Waals surface area (Å²) >= 11 is 0. The molecule has 1 saturated heterocycles. The van der Waals surface area contributed by atoms with Crippen LogP contribution in [0.3, 0.4) is 0 Å². The fourth-order valence-corrected chi connectivity index (χ4v) is 4.73. The normalized spacial score (nSPS) is 23.9. The fraction of sp³-hybridized carbons (Fsp3) is 0.600. The number of nitrogens with two attached hydrogens (primary N) is 1. The first-order valence-corrected chi connectivity index (χ1v) is 9.00. The van der Waals surface area contributed by atoms with Crippen LogP contribution in [-0.2, 0) is 10.0 Å². The van der Waals surface area contributed by atoms with E-state index >= 15 is 0 Å². The molecule has 118 valence electrons.